The maximum absolute atomic E-state index is 13.3. The van der Waals surface area contributed by atoms with Gasteiger partial charge in [0.25, 0.3) is 0 Å². The summed E-state index contributed by atoms with van der Waals surface area (Å²) in [5, 5.41) is 0.401. The monoisotopic (exact) mass is 429 g/mol. The third-order valence-electron chi connectivity index (χ3n) is 4.57. The van der Waals surface area contributed by atoms with Crippen molar-refractivity contribution >= 4 is 51.8 Å². The summed E-state index contributed by atoms with van der Waals surface area (Å²) in [5.74, 6) is -0.643. The number of nitrogens with zero attached hydrogens (tertiary/aromatic N) is 2. The fourth-order valence-electron chi connectivity index (χ4n) is 2.97. The van der Waals surface area contributed by atoms with Crippen LogP contribution in [0.5, 0.6) is 5.75 Å². The van der Waals surface area contributed by atoms with E-state index < -0.39 is 23.6 Å². The van der Waals surface area contributed by atoms with E-state index in [0.29, 0.717) is 29.8 Å². The number of ether oxygens (including phenoxy) is 3. The summed E-state index contributed by atoms with van der Waals surface area (Å²) in [4.78, 5) is 11.8. The van der Waals surface area contributed by atoms with E-state index in [1.807, 2.05) is 31.2 Å². The Morgan fingerprint density at radius 1 is 1.28 bits per heavy atom. The zero-order valence-electron chi connectivity index (χ0n) is 15.3. The number of halogens is 1. The average molecular weight is 429 g/mol. The van der Waals surface area contributed by atoms with Crippen LogP contribution in [0.25, 0.3) is 11.0 Å². The van der Waals surface area contributed by atoms with E-state index in [9.17, 15) is 8.94 Å². The number of aromatic amines is 1. The summed E-state index contributed by atoms with van der Waals surface area (Å²) in [6.45, 7) is 1.64. The van der Waals surface area contributed by atoms with E-state index in [0.717, 1.165) is 16.6 Å². The molecule has 0 bridgehead atoms. The molecule has 150 valence electrons. The number of benzene rings is 1. The predicted octanol–water partition coefficient (Wildman–Crippen LogP) is 2.02. The van der Waals surface area contributed by atoms with Crippen molar-refractivity contribution in [2.45, 2.75) is 23.6 Å². The quantitative estimate of drug-likeness (QED) is 0.456. The summed E-state index contributed by atoms with van der Waals surface area (Å²) in [5.41, 5.74) is 2.96. The second-order valence-corrected chi connectivity index (χ2v) is 7.83. The molecule has 0 aliphatic carbocycles. The molecular weight excluding hydrogens is 408 g/mol. The number of hydrogen-bond donors (Lipinski definition) is 1. The van der Waals surface area contributed by atoms with Gasteiger partial charge in [-0.1, -0.05) is 12.1 Å². The van der Waals surface area contributed by atoms with Crippen molar-refractivity contribution in [3.05, 3.63) is 47.8 Å². The molecule has 1 unspecified atom stereocenters. The number of fused-ring (bicyclic) bond motifs is 1. The van der Waals surface area contributed by atoms with Crippen molar-refractivity contribution in [1.82, 2.24) is 15.0 Å². The minimum absolute atomic E-state index is 0. The predicted molar refractivity (Wildman–Crippen MR) is 108 cm³/mol. The number of hydrogen-bond acceptors (Lipinski definition) is 6. The molecular formula is C19H21FN3NaO4S. The van der Waals surface area contributed by atoms with Crippen molar-refractivity contribution in [3.8, 4) is 5.75 Å². The molecule has 0 spiro atoms. The normalized spacial score (nSPS) is 16.5. The van der Waals surface area contributed by atoms with E-state index in [-0.39, 0.29) is 41.9 Å². The molecule has 2 aromatic heterocycles. The molecule has 1 saturated heterocycles. The number of imidazole rings is 1. The van der Waals surface area contributed by atoms with Crippen molar-refractivity contribution in [1.29, 1.82) is 0 Å². The van der Waals surface area contributed by atoms with E-state index in [4.69, 9.17) is 14.2 Å². The Hall–Kier alpha value is -1.20. The molecule has 0 amide bonds. The van der Waals surface area contributed by atoms with Crippen LogP contribution in [0.2, 0.25) is 0 Å². The van der Waals surface area contributed by atoms with E-state index in [1.165, 1.54) is 0 Å². The van der Waals surface area contributed by atoms with E-state index in [1.54, 1.807) is 12.3 Å². The first-order valence-electron chi connectivity index (χ1n) is 8.84. The van der Waals surface area contributed by atoms with Gasteiger partial charge in [-0.25, -0.2) is 4.39 Å². The molecule has 1 atom stereocenters. The van der Waals surface area contributed by atoms with E-state index in [2.05, 4.69) is 15.0 Å². The van der Waals surface area contributed by atoms with Gasteiger partial charge in [0.05, 0.1) is 29.9 Å². The third kappa shape index (κ3) is 4.93. The topological polar surface area (TPSA) is 92.3 Å². The molecule has 10 heteroatoms. The number of nitrogens with one attached hydrogen (secondary N) is 1. The molecule has 4 rings (SSSR count). The first-order valence-corrected chi connectivity index (χ1v) is 10.2. The van der Waals surface area contributed by atoms with Gasteiger partial charge in [0.15, 0.2) is 5.75 Å². The van der Waals surface area contributed by atoms with Crippen LogP contribution in [-0.4, -0.2) is 81.3 Å². The van der Waals surface area contributed by atoms with Crippen molar-refractivity contribution in [2.75, 3.05) is 26.5 Å². The Balaban J connectivity index is 0.00000240. The zero-order chi connectivity index (χ0) is 19.6. The summed E-state index contributed by atoms with van der Waals surface area (Å²) in [6.07, 6.45) is 1.58. The van der Waals surface area contributed by atoms with Crippen LogP contribution in [0.4, 0.5) is 4.39 Å². The van der Waals surface area contributed by atoms with Crippen LogP contribution in [0.15, 0.2) is 41.7 Å². The summed E-state index contributed by atoms with van der Waals surface area (Å²) < 4.78 is 42.5. The van der Waals surface area contributed by atoms with Crippen molar-refractivity contribution in [3.63, 3.8) is 0 Å². The molecule has 3 aromatic rings. The Morgan fingerprint density at radius 2 is 2.03 bits per heavy atom. The SMILES string of the molecule is Cc1c(OCC2(CF)OCCO2)ccnc1C[S+]([O-])c1nc2ccccc2[nH]1.[NaH]. The molecule has 7 nitrogen and oxygen atoms in total. The second kappa shape index (κ2) is 9.74. The molecule has 1 aromatic carbocycles. The minimum atomic E-state index is -1.40. The number of rotatable bonds is 7. The molecule has 1 aliphatic heterocycles. The van der Waals surface area contributed by atoms with Gasteiger partial charge in [-0.15, -0.1) is 0 Å². The number of alkyl halides is 1. The number of para-hydroxylation sites is 2. The molecule has 3 heterocycles. The number of pyridine rings is 1. The first kappa shape index (κ1) is 22.5. The van der Waals surface area contributed by atoms with Gasteiger partial charge in [-0.05, 0) is 25.1 Å². The van der Waals surface area contributed by atoms with Gasteiger partial charge >= 0.3 is 34.7 Å². The van der Waals surface area contributed by atoms with Crippen LogP contribution < -0.4 is 4.74 Å². The summed E-state index contributed by atoms with van der Waals surface area (Å²) in [7, 11) is 0. The van der Waals surface area contributed by atoms with Gasteiger partial charge < -0.3 is 18.8 Å². The van der Waals surface area contributed by atoms with Crippen molar-refractivity contribution < 1.29 is 23.2 Å². The fraction of sp³-hybridized carbons (Fsp3) is 0.368. The van der Waals surface area contributed by atoms with Crippen LogP contribution in [0.1, 0.15) is 11.3 Å². The molecule has 0 saturated carbocycles. The molecule has 1 aliphatic rings. The van der Waals surface area contributed by atoms with Gasteiger partial charge in [0, 0.05) is 22.9 Å². The molecule has 0 radical (unpaired) electrons. The first-order chi connectivity index (χ1) is 13.6. The summed E-state index contributed by atoms with van der Waals surface area (Å²) >= 11 is -1.40. The van der Waals surface area contributed by atoms with Crippen LogP contribution in [0, 0.1) is 6.92 Å². The van der Waals surface area contributed by atoms with Gasteiger partial charge in [0.2, 0.25) is 5.79 Å². The number of aromatic nitrogens is 3. The van der Waals surface area contributed by atoms with Gasteiger partial charge in [-0.2, -0.15) is 4.98 Å². The van der Waals surface area contributed by atoms with Crippen LogP contribution in [0.3, 0.4) is 0 Å². The Kier molecular flexibility index (Phi) is 7.55. The molecule has 1 N–H and O–H groups in total. The zero-order valence-corrected chi connectivity index (χ0v) is 16.1. The van der Waals surface area contributed by atoms with Crippen LogP contribution in [-0.2, 0) is 26.4 Å². The Bertz CT molecular complexity index is 935. The number of H-pyrrole nitrogens is 1. The standard InChI is InChI=1S/C19H20FN3O4S.Na.H/c1-13-16(10-28(24)18-22-14-4-2-3-5-15(14)23-18)21-7-6-17(13)25-12-19(11-20)26-8-9-27-19;;/h2-7H,8-12H2,1H3,(H,22,23);;. The van der Waals surface area contributed by atoms with Crippen LogP contribution >= 0.6 is 0 Å². The summed E-state index contributed by atoms with van der Waals surface area (Å²) in [6, 6.07) is 9.20. The van der Waals surface area contributed by atoms with Gasteiger partial charge in [0.1, 0.15) is 19.0 Å². The maximum atomic E-state index is 13.3. The molecule has 29 heavy (non-hydrogen) atoms. The van der Waals surface area contributed by atoms with E-state index >= 15 is 0 Å². The average Bonchev–Trinajstić information content (AvgIpc) is 3.36. The Labute approximate surface area is 192 Å². The van der Waals surface area contributed by atoms with Crippen molar-refractivity contribution in [2.24, 2.45) is 0 Å². The Morgan fingerprint density at radius 3 is 2.76 bits per heavy atom. The van der Waals surface area contributed by atoms with Gasteiger partial charge in [-0.3, -0.25) is 9.97 Å². The second-order valence-electron chi connectivity index (χ2n) is 6.46. The molecule has 1 fully saturated rings. The fourth-order valence-corrected chi connectivity index (χ4v) is 4.07. The third-order valence-corrected chi connectivity index (χ3v) is 5.73.